The van der Waals surface area contributed by atoms with Gasteiger partial charge in [-0.3, -0.25) is 9.78 Å². The second-order valence-electron chi connectivity index (χ2n) is 6.74. The van der Waals surface area contributed by atoms with Gasteiger partial charge in [0, 0.05) is 6.20 Å². The van der Waals surface area contributed by atoms with Gasteiger partial charge in [0.05, 0.1) is 15.6 Å². The molecule has 0 spiro atoms. The quantitative estimate of drug-likeness (QED) is 0.533. The van der Waals surface area contributed by atoms with E-state index in [0.29, 0.717) is 28.3 Å². The van der Waals surface area contributed by atoms with Crippen LogP contribution in [0.15, 0.2) is 46.7 Å². The molecule has 138 valence electrons. The van der Waals surface area contributed by atoms with Crippen molar-refractivity contribution < 1.29 is 0 Å². The molecule has 0 unspecified atom stereocenters. The molecule has 0 amide bonds. The lowest BCUT2D eigenvalue weighted by molar-refractivity contribution is 0.460. The van der Waals surface area contributed by atoms with Gasteiger partial charge in [0.25, 0.3) is 5.56 Å². The molecular weight excluding hydrogens is 380 g/mol. The van der Waals surface area contributed by atoms with Gasteiger partial charge in [-0.05, 0) is 72.4 Å². The standard InChI is InChI=1S/C20H18N4OS.ClH/c25-20-15-9-13(12-3-6-21-7-4-12)1-2-16(15)23-19(24-20)17-10-14-5-8-26-18(14)11-22-17;/h1-2,5,8-12,21H,3-4,6-7H2,(H,23,24,25);1H. The average molecular weight is 399 g/mol. The zero-order chi connectivity index (χ0) is 17.5. The maximum Gasteiger partial charge on any atom is 0.259 e. The Labute approximate surface area is 166 Å². The molecule has 0 bridgehead atoms. The van der Waals surface area contributed by atoms with Crippen LogP contribution in [0.5, 0.6) is 0 Å². The normalized spacial score (nSPS) is 15.1. The molecule has 1 aliphatic rings. The summed E-state index contributed by atoms with van der Waals surface area (Å²) >= 11 is 1.65. The number of halogens is 1. The van der Waals surface area contributed by atoms with Crippen LogP contribution in [0.2, 0.25) is 0 Å². The number of piperidine rings is 1. The summed E-state index contributed by atoms with van der Waals surface area (Å²) < 4.78 is 1.13. The van der Waals surface area contributed by atoms with Crippen LogP contribution in [0.1, 0.15) is 24.3 Å². The second kappa shape index (κ2) is 7.38. The Morgan fingerprint density at radius 2 is 1.96 bits per heavy atom. The van der Waals surface area contributed by atoms with Gasteiger partial charge in [-0.2, -0.15) is 0 Å². The third-order valence-electron chi connectivity index (χ3n) is 5.12. The highest BCUT2D eigenvalue weighted by Gasteiger charge is 2.16. The SMILES string of the molecule is Cl.O=c1[nH]c(-c2cc3ccsc3cn2)nc2ccc(C3CCNCC3)cc12. The molecule has 0 saturated carbocycles. The van der Waals surface area contributed by atoms with Crippen LogP contribution in [-0.2, 0) is 0 Å². The number of thiophene rings is 1. The Morgan fingerprint density at radius 3 is 2.81 bits per heavy atom. The van der Waals surface area contributed by atoms with Crippen molar-refractivity contribution in [3.63, 3.8) is 0 Å². The number of aromatic nitrogens is 3. The van der Waals surface area contributed by atoms with Crippen LogP contribution in [0.25, 0.3) is 32.5 Å². The van der Waals surface area contributed by atoms with Crippen LogP contribution in [0, 0.1) is 0 Å². The van der Waals surface area contributed by atoms with E-state index in [1.165, 1.54) is 5.56 Å². The molecule has 4 aromatic rings. The van der Waals surface area contributed by atoms with Crippen LogP contribution in [0.3, 0.4) is 0 Å². The number of aromatic amines is 1. The monoisotopic (exact) mass is 398 g/mol. The van der Waals surface area contributed by atoms with E-state index in [4.69, 9.17) is 0 Å². The summed E-state index contributed by atoms with van der Waals surface area (Å²) in [4.78, 5) is 24.7. The average Bonchev–Trinajstić information content (AvgIpc) is 3.16. The number of H-pyrrole nitrogens is 1. The highest BCUT2D eigenvalue weighted by Crippen LogP contribution is 2.28. The molecule has 4 heterocycles. The Bertz CT molecular complexity index is 1160. The summed E-state index contributed by atoms with van der Waals surface area (Å²) in [7, 11) is 0. The lowest BCUT2D eigenvalue weighted by Gasteiger charge is -2.23. The minimum absolute atomic E-state index is 0. The largest absolute Gasteiger partial charge is 0.317 e. The predicted octanol–water partition coefficient (Wildman–Crippen LogP) is 4.09. The fraction of sp³-hybridized carbons (Fsp3) is 0.250. The topological polar surface area (TPSA) is 70.7 Å². The molecule has 0 atom stereocenters. The molecule has 5 rings (SSSR count). The third-order valence-corrected chi connectivity index (χ3v) is 5.99. The van der Waals surface area contributed by atoms with Gasteiger partial charge in [0.1, 0.15) is 5.69 Å². The lowest BCUT2D eigenvalue weighted by Crippen LogP contribution is -2.26. The van der Waals surface area contributed by atoms with E-state index in [1.807, 2.05) is 29.8 Å². The molecule has 1 aromatic carbocycles. The molecule has 27 heavy (non-hydrogen) atoms. The molecule has 7 heteroatoms. The molecular formula is C20H19ClN4OS. The Morgan fingerprint density at radius 1 is 1.11 bits per heavy atom. The maximum absolute atomic E-state index is 12.7. The van der Waals surface area contributed by atoms with Crippen molar-refractivity contribution in [1.29, 1.82) is 0 Å². The van der Waals surface area contributed by atoms with Crippen molar-refractivity contribution in [1.82, 2.24) is 20.3 Å². The van der Waals surface area contributed by atoms with Gasteiger partial charge in [0.2, 0.25) is 0 Å². The lowest BCUT2D eigenvalue weighted by atomic mass is 9.89. The molecule has 2 N–H and O–H groups in total. The van der Waals surface area contributed by atoms with Gasteiger partial charge in [0.15, 0.2) is 5.82 Å². The molecule has 1 fully saturated rings. The van der Waals surface area contributed by atoms with Crippen molar-refractivity contribution in [2.24, 2.45) is 0 Å². The van der Waals surface area contributed by atoms with Crippen LogP contribution in [-0.4, -0.2) is 28.0 Å². The fourth-order valence-electron chi connectivity index (χ4n) is 3.68. The number of pyridine rings is 1. The van der Waals surface area contributed by atoms with Crippen molar-refractivity contribution in [3.8, 4) is 11.5 Å². The molecule has 1 saturated heterocycles. The number of nitrogens with one attached hydrogen (secondary N) is 2. The zero-order valence-corrected chi connectivity index (χ0v) is 16.2. The van der Waals surface area contributed by atoms with Crippen molar-refractivity contribution in [2.45, 2.75) is 18.8 Å². The van der Waals surface area contributed by atoms with E-state index in [2.05, 4.69) is 32.4 Å². The Balaban J connectivity index is 0.00000180. The van der Waals surface area contributed by atoms with Crippen molar-refractivity contribution >= 4 is 44.7 Å². The number of hydrogen-bond donors (Lipinski definition) is 2. The first-order chi connectivity index (χ1) is 12.8. The number of hydrogen-bond acceptors (Lipinski definition) is 5. The van der Waals surface area contributed by atoms with E-state index in [-0.39, 0.29) is 18.0 Å². The Hall–Kier alpha value is -2.28. The molecule has 0 aliphatic carbocycles. The highest BCUT2D eigenvalue weighted by atomic mass is 35.5. The minimum Gasteiger partial charge on any atom is -0.317 e. The maximum atomic E-state index is 12.7. The van der Waals surface area contributed by atoms with Gasteiger partial charge < -0.3 is 10.3 Å². The van der Waals surface area contributed by atoms with Crippen molar-refractivity contribution in [2.75, 3.05) is 13.1 Å². The number of benzene rings is 1. The predicted molar refractivity (Wildman–Crippen MR) is 113 cm³/mol. The zero-order valence-electron chi connectivity index (χ0n) is 14.6. The number of rotatable bonds is 2. The van der Waals surface area contributed by atoms with E-state index in [1.54, 1.807) is 11.3 Å². The van der Waals surface area contributed by atoms with Gasteiger partial charge >= 0.3 is 0 Å². The minimum atomic E-state index is -0.104. The van der Waals surface area contributed by atoms with E-state index in [0.717, 1.165) is 36.0 Å². The summed E-state index contributed by atoms with van der Waals surface area (Å²) in [5, 5.41) is 7.19. The number of fused-ring (bicyclic) bond motifs is 2. The smallest absolute Gasteiger partial charge is 0.259 e. The summed E-state index contributed by atoms with van der Waals surface area (Å²) in [6.07, 6.45) is 4.05. The van der Waals surface area contributed by atoms with E-state index < -0.39 is 0 Å². The van der Waals surface area contributed by atoms with Crippen LogP contribution < -0.4 is 10.9 Å². The molecule has 0 radical (unpaired) electrons. The summed E-state index contributed by atoms with van der Waals surface area (Å²) in [6, 6.07) is 10.1. The van der Waals surface area contributed by atoms with Crippen LogP contribution >= 0.6 is 23.7 Å². The van der Waals surface area contributed by atoms with Crippen molar-refractivity contribution in [3.05, 3.63) is 57.8 Å². The summed E-state index contributed by atoms with van der Waals surface area (Å²) in [5.41, 5.74) is 2.54. The van der Waals surface area contributed by atoms with Crippen LogP contribution in [0.4, 0.5) is 0 Å². The summed E-state index contributed by atoms with van der Waals surface area (Å²) in [6.45, 7) is 2.07. The molecule has 3 aromatic heterocycles. The molecule has 1 aliphatic heterocycles. The first-order valence-electron chi connectivity index (χ1n) is 8.86. The Kier molecular flexibility index (Phi) is 4.95. The number of nitrogens with zero attached hydrogens (tertiary/aromatic N) is 2. The highest BCUT2D eigenvalue weighted by molar-refractivity contribution is 7.17. The van der Waals surface area contributed by atoms with Gasteiger partial charge in [-0.25, -0.2) is 4.98 Å². The fourth-order valence-corrected chi connectivity index (χ4v) is 4.42. The summed E-state index contributed by atoms with van der Waals surface area (Å²) in [5.74, 6) is 1.03. The van der Waals surface area contributed by atoms with Gasteiger partial charge in [-0.15, -0.1) is 23.7 Å². The van der Waals surface area contributed by atoms with E-state index >= 15 is 0 Å². The first-order valence-corrected chi connectivity index (χ1v) is 9.74. The first kappa shape index (κ1) is 18.1. The third kappa shape index (κ3) is 3.36. The second-order valence-corrected chi connectivity index (χ2v) is 7.69. The van der Waals surface area contributed by atoms with E-state index in [9.17, 15) is 4.79 Å². The molecule has 5 nitrogen and oxygen atoms in total. The van der Waals surface area contributed by atoms with Gasteiger partial charge in [-0.1, -0.05) is 6.07 Å².